The van der Waals surface area contributed by atoms with E-state index >= 15 is 0 Å². The third-order valence-electron chi connectivity index (χ3n) is 5.13. The van der Waals surface area contributed by atoms with E-state index in [9.17, 15) is 0 Å². The number of nitrogen functional groups attached to an aromatic ring is 1. The van der Waals surface area contributed by atoms with Gasteiger partial charge < -0.3 is 10.3 Å². The molecule has 0 spiro atoms. The number of rotatable bonds is 1. The van der Waals surface area contributed by atoms with Gasteiger partial charge in [0.2, 0.25) is 0 Å². The van der Waals surface area contributed by atoms with Crippen molar-refractivity contribution in [3.63, 3.8) is 0 Å². The largest absolute Gasteiger partial charge is 0.383 e. The van der Waals surface area contributed by atoms with Crippen molar-refractivity contribution in [3.05, 3.63) is 17.6 Å². The summed E-state index contributed by atoms with van der Waals surface area (Å²) >= 11 is 0. The van der Waals surface area contributed by atoms with Crippen LogP contribution in [0.5, 0.6) is 0 Å². The molecule has 108 valence electrons. The average Bonchev–Trinajstić information content (AvgIpc) is 2.64. The Morgan fingerprint density at radius 3 is 2.70 bits per heavy atom. The van der Waals surface area contributed by atoms with Crippen molar-refractivity contribution < 1.29 is 0 Å². The van der Waals surface area contributed by atoms with Crippen LogP contribution in [0, 0.1) is 19.3 Å². The molecule has 0 saturated heterocycles. The molecule has 0 radical (unpaired) electrons. The van der Waals surface area contributed by atoms with E-state index in [1.807, 2.05) is 0 Å². The molecular formula is C16H24N4. The van der Waals surface area contributed by atoms with Gasteiger partial charge in [-0.15, -0.1) is 0 Å². The lowest BCUT2D eigenvalue weighted by molar-refractivity contribution is 0.146. The highest BCUT2D eigenvalue weighted by molar-refractivity contribution is 5.90. The van der Waals surface area contributed by atoms with Crippen LogP contribution < -0.4 is 5.73 Å². The summed E-state index contributed by atoms with van der Waals surface area (Å²) in [6, 6.07) is 0.502. The SMILES string of the molecule is Cc1c(C)n(C2CCCCC2(C)C)c2ncnc(N)c12. The summed E-state index contributed by atoms with van der Waals surface area (Å²) in [5.41, 5.74) is 9.89. The molecule has 2 aromatic rings. The van der Waals surface area contributed by atoms with Crippen molar-refractivity contribution in [1.29, 1.82) is 0 Å². The first-order valence-corrected chi connectivity index (χ1v) is 7.51. The third kappa shape index (κ3) is 1.81. The van der Waals surface area contributed by atoms with Gasteiger partial charge in [0.25, 0.3) is 0 Å². The van der Waals surface area contributed by atoms with Gasteiger partial charge in [-0.1, -0.05) is 26.7 Å². The summed E-state index contributed by atoms with van der Waals surface area (Å²) in [6.07, 6.45) is 6.71. The predicted molar refractivity (Wildman–Crippen MR) is 82.7 cm³/mol. The molecular weight excluding hydrogens is 248 g/mol. The minimum atomic E-state index is 0.307. The first-order chi connectivity index (χ1) is 9.43. The molecule has 2 N–H and O–H groups in total. The van der Waals surface area contributed by atoms with Crippen LogP contribution >= 0.6 is 0 Å². The number of nitrogens with two attached hydrogens (primary N) is 1. The van der Waals surface area contributed by atoms with Gasteiger partial charge in [-0.25, -0.2) is 9.97 Å². The van der Waals surface area contributed by atoms with Crippen molar-refractivity contribution in [1.82, 2.24) is 14.5 Å². The van der Waals surface area contributed by atoms with Gasteiger partial charge in [-0.2, -0.15) is 0 Å². The molecule has 1 atom stereocenters. The van der Waals surface area contributed by atoms with Crippen LogP contribution in [0.2, 0.25) is 0 Å². The Kier molecular flexibility index (Phi) is 3.00. The Labute approximate surface area is 120 Å². The molecule has 20 heavy (non-hydrogen) atoms. The van der Waals surface area contributed by atoms with Crippen LogP contribution in [-0.4, -0.2) is 14.5 Å². The molecule has 0 aliphatic heterocycles. The zero-order chi connectivity index (χ0) is 14.5. The van der Waals surface area contributed by atoms with Crippen molar-refractivity contribution in [2.45, 2.75) is 59.4 Å². The van der Waals surface area contributed by atoms with E-state index in [0.717, 1.165) is 11.0 Å². The summed E-state index contributed by atoms with van der Waals surface area (Å²) in [5.74, 6) is 0.600. The monoisotopic (exact) mass is 272 g/mol. The van der Waals surface area contributed by atoms with Gasteiger partial charge in [0.15, 0.2) is 0 Å². The molecule has 0 aromatic carbocycles. The van der Waals surface area contributed by atoms with Crippen molar-refractivity contribution in [2.24, 2.45) is 5.41 Å². The van der Waals surface area contributed by atoms with E-state index in [2.05, 4.69) is 42.2 Å². The molecule has 0 bridgehead atoms. The maximum atomic E-state index is 6.07. The van der Waals surface area contributed by atoms with Crippen molar-refractivity contribution in [3.8, 4) is 0 Å². The Balaban J connectivity index is 2.26. The van der Waals surface area contributed by atoms with Crippen LogP contribution in [0.4, 0.5) is 5.82 Å². The number of anilines is 1. The quantitative estimate of drug-likeness (QED) is 0.859. The Morgan fingerprint density at radius 2 is 2.00 bits per heavy atom. The maximum absolute atomic E-state index is 6.07. The van der Waals surface area contributed by atoms with Crippen LogP contribution in [0.15, 0.2) is 6.33 Å². The molecule has 1 saturated carbocycles. The Bertz CT molecular complexity index is 654. The summed E-state index contributed by atoms with van der Waals surface area (Å²) in [4.78, 5) is 8.69. The second-order valence-corrected chi connectivity index (χ2v) is 6.79. The van der Waals surface area contributed by atoms with Crippen LogP contribution in [0.3, 0.4) is 0 Å². The Hall–Kier alpha value is -1.58. The maximum Gasteiger partial charge on any atom is 0.146 e. The summed E-state index contributed by atoms with van der Waals surface area (Å²) in [7, 11) is 0. The minimum absolute atomic E-state index is 0.307. The summed E-state index contributed by atoms with van der Waals surface area (Å²) < 4.78 is 2.42. The number of hydrogen-bond donors (Lipinski definition) is 1. The zero-order valence-corrected chi connectivity index (χ0v) is 12.9. The fourth-order valence-corrected chi connectivity index (χ4v) is 3.79. The Morgan fingerprint density at radius 1 is 1.25 bits per heavy atom. The highest BCUT2D eigenvalue weighted by Crippen LogP contribution is 2.46. The highest BCUT2D eigenvalue weighted by atomic mass is 15.1. The van der Waals surface area contributed by atoms with E-state index in [1.165, 1.54) is 36.9 Å². The van der Waals surface area contributed by atoms with Crippen molar-refractivity contribution >= 4 is 16.9 Å². The lowest BCUT2D eigenvalue weighted by Crippen LogP contribution is -2.31. The minimum Gasteiger partial charge on any atom is -0.383 e. The van der Waals surface area contributed by atoms with E-state index in [1.54, 1.807) is 6.33 Å². The molecule has 3 rings (SSSR count). The molecule has 1 fully saturated rings. The topological polar surface area (TPSA) is 56.7 Å². The third-order valence-corrected chi connectivity index (χ3v) is 5.13. The standard InChI is InChI=1S/C16H24N4/c1-10-11(2)20(12-7-5-6-8-16(12,3)4)15-13(10)14(17)18-9-19-15/h9,12H,5-8H2,1-4H3,(H2,17,18,19). The number of aromatic nitrogens is 3. The van der Waals surface area contributed by atoms with E-state index in [0.29, 0.717) is 17.3 Å². The normalized spacial score (nSPS) is 22.3. The van der Waals surface area contributed by atoms with Crippen LogP contribution in [0.1, 0.15) is 56.8 Å². The summed E-state index contributed by atoms with van der Waals surface area (Å²) in [6.45, 7) is 9.06. The molecule has 1 unspecified atom stereocenters. The molecule has 1 aliphatic carbocycles. The fraction of sp³-hybridized carbons (Fsp3) is 0.625. The van der Waals surface area contributed by atoms with Gasteiger partial charge in [0.1, 0.15) is 17.8 Å². The second kappa shape index (κ2) is 4.47. The molecule has 4 heteroatoms. The molecule has 2 aromatic heterocycles. The molecule has 1 aliphatic rings. The first kappa shape index (κ1) is 13.4. The first-order valence-electron chi connectivity index (χ1n) is 7.51. The zero-order valence-electron chi connectivity index (χ0n) is 12.9. The molecule has 2 heterocycles. The predicted octanol–water partition coefficient (Wildman–Crippen LogP) is 3.77. The second-order valence-electron chi connectivity index (χ2n) is 6.79. The van der Waals surface area contributed by atoms with E-state index in [-0.39, 0.29) is 0 Å². The number of fused-ring (bicyclic) bond motifs is 1. The number of hydrogen-bond acceptors (Lipinski definition) is 3. The number of nitrogens with zero attached hydrogens (tertiary/aromatic N) is 3. The van der Waals surface area contributed by atoms with Crippen molar-refractivity contribution in [2.75, 3.05) is 5.73 Å². The summed E-state index contributed by atoms with van der Waals surface area (Å²) in [5, 5.41) is 1.03. The lowest BCUT2D eigenvalue weighted by Gasteiger charge is -2.40. The smallest absolute Gasteiger partial charge is 0.146 e. The molecule has 0 amide bonds. The van der Waals surface area contributed by atoms with E-state index in [4.69, 9.17) is 5.73 Å². The lowest BCUT2D eigenvalue weighted by atomic mass is 9.73. The fourth-order valence-electron chi connectivity index (χ4n) is 3.79. The molecule has 4 nitrogen and oxygen atoms in total. The van der Waals surface area contributed by atoms with Gasteiger partial charge in [0.05, 0.1) is 5.39 Å². The van der Waals surface area contributed by atoms with Gasteiger partial charge in [-0.05, 0) is 37.7 Å². The van der Waals surface area contributed by atoms with Gasteiger partial charge in [0, 0.05) is 11.7 Å². The number of aryl methyl sites for hydroxylation is 1. The van der Waals surface area contributed by atoms with Crippen LogP contribution in [0.25, 0.3) is 11.0 Å². The van der Waals surface area contributed by atoms with Gasteiger partial charge >= 0.3 is 0 Å². The van der Waals surface area contributed by atoms with Crippen LogP contribution in [-0.2, 0) is 0 Å². The average molecular weight is 272 g/mol. The van der Waals surface area contributed by atoms with E-state index < -0.39 is 0 Å². The highest BCUT2D eigenvalue weighted by Gasteiger charge is 2.35. The van der Waals surface area contributed by atoms with Gasteiger partial charge in [-0.3, -0.25) is 0 Å².